The van der Waals surface area contributed by atoms with Gasteiger partial charge in [0.2, 0.25) is 0 Å². The lowest BCUT2D eigenvalue weighted by atomic mass is 10.1. The van der Waals surface area contributed by atoms with Crippen LogP contribution in [0, 0.1) is 11.8 Å². The second-order valence-corrected chi connectivity index (χ2v) is 6.50. The summed E-state index contributed by atoms with van der Waals surface area (Å²) in [5.41, 5.74) is 0. The Hall–Kier alpha value is -0.670. The first kappa shape index (κ1) is 13.3. The van der Waals surface area contributed by atoms with Gasteiger partial charge in [-0.1, -0.05) is 12.1 Å². The molecule has 0 aromatic heterocycles. The Morgan fingerprint density at radius 1 is 1.21 bits per heavy atom. The molecule has 0 atom stereocenters. The van der Waals surface area contributed by atoms with Gasteiger partial charge in [-0.25, -0.2) is 0 Å². The summed E-state index contributed by atoms with van der Waals surface area (Å²) < 4.78 is 5.90. The third kappa shape index (κ3) is 3.67. The highest BCUT2D eigenvalue weighted by molar-refractivity contribution is 7.98. The minimum Gasteiger partial charge on any atom is -0.491 e. The smallest absolute Gasteiger partial charge is 0.132 e. The largest absolute Gasteiger partial charge is 0.491 e. The van der Waals surface area contributed by atoms with E-state index in [-0.39, 0.29) is 0 Å². The van der Waals surface area contributed by atoms with Crippen LogP contribution in [0.2, 0.25) is 0 Å². The van der Waals surface area contributed by atoms with Gasteiger partial charge in [0.1, 0.15) is 12.4 Å². The predicted molar refractivity (Wildman–Crippen MR) is 81.0 cm³/mol. The maximum Gasteiger partial charge on any atom is 0.132 e. The predicted octanol–water partition coefficient (Wildman–Crippen LogP) is 3.57. The van der Waals surface area contributed by atoms with Gasteiger partial charge < -0.3 is 10.1 Å². The molecule has 104 valence electrons. The molecule has 2 aliphatic rings. The molecule has 0 unspecified atom stereocenters. The van der Waals surface area contributed by atoms with Crippen molar-refractivity contribution in [2.45, 2.75) is 36.6 Å². The van der Waals surface area contributed by atoms with Crippen LogP contribution in [0.4, 0.5) is 0 Å². The first-order chi connectivity index (χ1) is 9.38. The van der Waals surface area contributed by atoms with Crippen molar-refractivity contribution in [3.05, 3.63) is 24.3 Å². The SMILES string of the molecule is CSc1ccccc1OCCNC(C1CC1)C1CC1. The van der Waals surface area contributed by atoms with Crippen molar-refractivity contribution in [1.82, 2.24) is 5.32 Å². The van der Waals surface area contributed by atoms with Gasteiger partial charge in [0, 0.05) is 17.5 Å². The minimum absolute atomic E-state index is 0.771. The molecular weight excluding hydrogens is 254 g/mol. The molecule has 2 nitrogen and oxygen atoms in total. The molecule has 2 fully saturated rings. The number of rotatable bonds is 8. The van der Waals surface area contributed by atoms with Crippen molar-refractivity contribution in [1.29, 1.82) is 0 Å². The summed E-state index contributed by atoms with van der Waals surface area (Å²) in [5.74, 6) is 2.95. The van der Waals surface area contributed by atoms with E-state index in [4.69, 9.17) is 4.74 Å². The van der Waals surface area contributed by atoms with Gasteiger partial charge in [-0.2, -0.15) is 0 Å². The monoisotopic (exact) mass is 277 g/mol. The standard InChI is InChI=1S/C16H23NOS/c1-19-15-5-3-2-4-14(15)18-11-10-17-16(12-6-7-12)13-8-9-13/h2-5,12-13,16-17H,6-11H2,1H3. The number of thioether (sulfide) groups is 1. The fourth-order valence-electron chi connectivity index (χ4n) is 2.75. The van der Waals surface area contributed by atoms with Crippen molar-refractivity contribution < 1.29 is 4.74 Å². The lowest BCUT2D eigenvalue weighted by molar-refractivity contribution is 0.288. The molecule has 2 aliphatic carbocycles. The van der Waals surface area contributed by atoms with Crippen molar-refractivity contribution in [2.24, 2.45) is 11.8 Å². The molecule has 0 aliphatic heterocycles. The van der Waals surface area contributed by atoms with Crippen molar-refractivity contribution in [3.8, 4) is 5.75 Å². The van der Waals surface area contributed by atoms with Gasteiger partial charge in [0.15, 0.2) is 0 Å². The number of para-hydroxylation sites is 1. The highest BCUT2D eigenvalue weighted by atomic mass is 32.2. The first-order valence-electron chi connectivity index (χ1n) is 7.37. The fourth-order valence-corrected chi connectivity index (χ4v) is 3.30. The van der Waals surface area contributed by atoms with E-state index in [9.17, 15) is 0 Å². The molecule has 3 rings (SSSR count). The number of nitrogens with one attached hydrogen (secondary N) is 1. The molecule has 19 heavy (non-hydrogen) atoms. The summed E-state index contributed by atoms with van der Waals surface area (Å²) in [6.45, 7) is 1.74. The zero-order valence-corrected chi connectivity index (χ0v) is 12.4. The summed E-state index contributed by atoms with van der Waals surface area (Å²) in [6, 6.07) is 9.06. The molecule has 0 saturated heterocycles. The van der Waals surface area contributed by atoms with Gasteiger partial charge in [-0.05, 0) is 55.9 Å². The zero-order valence-electron chi connectivity index (χ0n) is 11.6. The third-order valence-corrected chi connectivity index (χ3v) is 4.85. The van der Waals surface area contributed by atoms with Gasteiger partial charge >= 0.3 is 0 Å². The van der Waals surface area contributed by atoms with Crippen LogP contribution in [0.25, 0.3) is 0 Å². The van der Waals surface area contributed by atoms with Crippen LogP contribution in [0.3, 0.4) is 0 Å². The number of ether oxygens (including phenoxy) is 1. The lowest BCUT2D eigenvalue weighted by Crippen LogP contribution is -2.36. The maximum atomic E-state index is 5.90. The molecule has 0 amide bonds. The lowest BCUT2D eigenvalue weighted by Gasteiger charge is -2.18. The first-order valence-corrected chi connectivity index (χ1v) is 8.60. The van der Waals surface area contributed by atoms with Crippen LogP contribution in [-0.4, -0.2) is 25.4 Å². The van der Waals surface area contributed by atoms with E-state index < -0.39 is 0 Å². The van der Waals surface area contributed by atoms with Gasteiger partial charge in [0.05, 0.1) is 0 Å². The Labute approximate surface area is 120 Å². The van der Waals surface area contributed by atoms with Gasteiger partial charge in [0.25, 0.3) is 0 Å². The Kier molecular flexibility index (Phi) is 4.34. The van der Waals surface area contributed by atoms with E-state index >= 15 is 0 Å². The molecule has 0 bridgehead atoms. The van der Waals surface area contributed by atoms with E-state index in [2.05, 4.69) is 29.8 Å². The van der Waals surface area contributed by atoms with E-state index in [1.165, 1.54) is 30.6 Å². The number of benzene rings is 1. The average molecular weight is 277 g/mol. The normalized spacial score (nSPS) is 18.8. The zero-order chi connectivity index (χ0) is 13.1. The Balaban J connectivity index is 1.42. The van der Waals surface area contributed by atoms with Crippen LogP contribution >= 0.6 is 11.8 Å². The molecule has 1 aromatic rings. The van der Waals surface area contributed by atoms with E-state index in [0.717, 1.165) is 36.8 Å². The van der Waals surface area contributed by atoms with E-state index in [1.807, 2.05) is 6.07 Å². The number of hydrogen-bond donors (Lipinski definition) is 1. The molecule has 1 N–H and O–H groups in total. The molecule has 1 aromatic carbocycles. The highest BCUT2D eigenvalue weighted by Crippen LogP contribution is 2.44. The average Bonchev–Trinajstić information content (AvgIpc) is 3.31. The molecule has 0 radical (unpaired) electrons. The molecule has 0 heterocycles. The van der Waals surface area contributed by atoms with Crippen LogP contribution in [-0.2, 0) is 0 Å². The number of hydrogen-bond acceptors (Lipinski definition) is 3. The second kappa shape index (κ2) is 6.19. The molecule has 3 heteroatoms. The third-order valence-electron chi connectivity index (χ3n) is 4.07. The van der Waals surface area contributed by atoms with Crippen LogP contribution in [0.15, 0.2) is 29.2 Å². The minimum atomic E-state index is 0.771. The van der Waals surface area contributed by atoms with E-state index in [0.29, 0.717) is 0 Å². The van der Waals surface area contributed by atoms with E-state index in [1.54, 1.807) is 11.8 Å². The summed E-state index contributed by atoms with van der Waals surface area (Å²) >= 11 is 1.74. The van der Waals surface area contributed by atoms with Crippen molar-refractivity contribution in [3.63, 3.8) is 0 Å². The molecule has 0 spiro atoms. The second-order valence-electron chi connectivity index (χ2n) is 5.65. The van der Waals surface area contributed by atoms with Crippen molar-refractivity contribution in [2.75, 3.05) is 19.4 Å². The Morgan fingerprint density at radius 3 is 2.53 bits per heavy atom. The summed E-state index contributed by atoms with van der Waals surface area (Å²) in [5, 5.41) is 3.72. The van der Waals surface area contributed by atoms with Crippen molar-refractivity contribution >= 4 is 11.8 Å². The quantitative estimate of drug-likeness (QED) is 0.580. The van der Waals surface area contributed by atoms with Crippen LogP contribution in [0.5, 0.6) is 5.75 Å². The van der Waals surface area contributed by atoms with Gasteiger partial charge in [-0.15, -0.1) is 11.8 Å². The van der Waals surface area contributed by atoms with Crippen LogP contribution in [0.1, 0.15) is 25.7 Å². The Morgan fingerprint density at radius 2 is 1.89 bits per heavy atom. The van der Waals surface area contributed by atoms with Gasteiger partial charge in [-0.3, -0.25) is 0 Å². The van der Waals surface area contributed by atoms with Crippen LogP contribution < -0.4 is 10.1 Å². The summed E-state index contributed by atoms with van der Waals surface area (Å²) in [6.07, 6.45) is 7.83. The topological polar surface area (TPSA) is 21.3 Å². The molecule has 2 saturated carbocycles. The molecular formula is C16H23NOS. The summed E-state index contributed by atoms with van der Waals surface area (Å²) in [7, 11) is 0. The fraction of sp³-hybridized carbons (Fsp3) is 0.625. The summed E-state index contributed by atoms with van der Waals surface area (Å²) in [4.78, 5) is 1.23. The highest BCUT2D eigenvalue weighted by Gasteiger charge is 2.40. The Bertz CT molecular complexity index is 403. The maximum absolute atomic E-state index is 5.90.